The van der Waals surface area contributed by atoms with E-state index in [1.165, 1.54) is 25.3 Å². The van der Waals surface area contributed by atoms with Crippen molar-refractivity contribution in [2.75, 3.05) is 12.4 Å². The number of hydrogen-bond acceptors (Lipinski definition) is 5. The van der Waals surface area contributed by atoms with Gasteiger partial charge in [-0.05, 0) is 18.2 Å². The van der Waals surface area contributed by atoms with Crippen molar-refractivity contribution in [1.82, 2.24) is 5.48 Å². The Morgan fingerprint density at radius 2 is 2.25 bits per heavy atom. The topological polar surface area (TPSA) is 79.8 Å². The fourth-order valence-electron chi connectivity index (χ4n) is 1.29. The van der Waals surface area contributed by atoms with Crippen molar-refractivity contribution in [3.8, 4) is 0 Å². The molecule has 0 unspecified atom stereocenters. The van der Waals surface area contributed by atoms with Crippen molar-refractivity contribution in [3.63, 3.8) is 0 Å². The maximum atomic E-state index is 11.7. The molecule has 0 saturated carbocycles. The zero-order chi connectivity index (χ0) is 11.8. The summed E-state index contributed by atoms with van der Waals surface area (Å²) in [6.07, 6.45) is 0. The number of guanidine groups is 1. The van der Waals surface area contributed by atoms with Crippen LogP contribution >= 0.6 is 11.6 Å². The summed E-state index contributed by atoms with van der Waals surface area (Å²) in [6.45, 7) is 0. The number of sulfonamides is 1. The van der Waals surface area contributed by atoms with E-state index < -0.39 is 10.0 Å². The van der Waals surface area contributed by atoms with Crippen LogP contribution in [0.1, 0.15) is 0 Å². The van der Waals surface area contributed by atoms with Crippen molar-refractivity contribution in [2.24, 2.45) is 4.40 Å². The van der Waals surface area contributed by atoms with Gasteiger partial charge >= 0.3 is 0 Å². The SMILES string of the molecule is CONC1=NS(=O)(=O)c2ccc(Cl)cc2N1. The summed E-state index contributed by atoms with van der Waals surface area (Å²) in [5, 5.41) is 3.18. The zero-order valence-electron chi connectivity index (χ0n) is 8.19. The van der Waals surface area contributed by atoms with E-state index >= 15 is 0 Å². The van der Waals surface area contributed by atoms with Crippen LogP contribution < -0.4 is 10.8 Å². The molecule has 0 amide bonds. The molecular weight excluding hydrogens is 254 g/mol. The first-order chi connectivity index (χ1) is 7.53. The molecule has 2 N–H and O–H groups in total. The van der Waals surface area contributed by atoms with Gasteiger partial charge in [-0.25, -0.2) is 5.48 Å². The highest BCUT2D eigenvalue weighted by molar-refractivity contribution is 7.90. The lowest BCUT2D eigenvalue weighted by Crippen LogP contribution is -2.33. The summed E-state index contributed by atoms with van der Waals surface area (Å²) in [4.78, 5) is 4.66. The number of fused-ring (bicyclic) bond motifs is 1. The Balaban J connectivity index is 2.52. The summed E-state index contributed by atoms with van der Waals surface area (Å²) in [5.41, 5.74) is 2.68. The number of nitrogens with one attached hydrogen (secondary N) is 2. The van der Waals surface area contributed by atoms with Gasteiger partial charge in [-0.3, -0.25) is 4.84 Å². The fourth-order valence-corrected chi connectivity index (χ4v) is 2.51. The van der Waals surface area contributed by atoms with Gasteiger partial charge in [0.2, 0.25) is 5.96 Å². The third-order valence-electron chi connectivity index (χ3n) is 1.88. The molecule has 2 rings (SSSR count). The van der Waals surface area contributed by atoms with Gasteiger partial charge in [-0.1, -0.05) is 11.6 Å². The maximum absolute atomic E-state index is 11.7. The highest BCUT2D eigenvalue weighted by Crippen LogP contribution is 2.29. The number of hydroxylamine groups is 1. The fraction of sp³-hybridized carbons (Fsp3) is 0.125. The first-order valence-electron chi connectivity index (χ1n) is 4.23. The average Bonchev–Trinajstić information content (AvgIpc) is 2.15. The van der Waals surface area contributed by atoms with Crippen molar-refractivity contribution in [1.29, 1.82) is 0 Å². The Hall–Kier alpha value is -1.31. The maximum Gasteiger partial charge on any atom is 0.287 e. The number of nitrogens with zero attached hydrogens (tertiary/aromatic N) is 1. The van der Waals surface area contributed by atoms with E-state index in [1.54, 1.807) is 0 Å². The van der Waals surface area contributed by atoms with Gasteiger partial charge < -0.3 is 5.32 Å². The molecule has 16 heavy (non-hydrogen) atoms. The van der Waals surface area contributed by atoms with Crippen molar-refractivity contribution >= 4 is 33.3 Å². The van der Waals surface area contributed by atoms with Crippen LogP contribution in [0.15, 0.2) is 27.5 Å². The summed E-state index contributed by atoms with van der Waals surface area (Å²) in [6, 6.07) is 4.39. The second kappa shape index (κ2) is 3.93. The lowest BCUT2D eigenvalue weighted by molar-refractivity contribution is 0.144. The zero-order valence-corrected chi connectivity index (χ0v) is 9.76. The average molecular weight is 262 g/mol. The largest absolute Gasteiger partial charge is 0.322 e. The van der Waals surface area contributed by atoms with E-state index in [9.17, 15) is 8.42 Å². The van der Waals surface area contributed by atoms with Gasteiger partial charge in [0.05, 0.1) is 12.8 Å². The molecule has 0 spiro atoms. The van der Waals surface area contributed by atoms with Crippen LogP contribution in [0.3, 0.4) is 0 Å². The first kappa shape index (κ1) is 11.2. The quantitative estimate of drug-likeness (QED) is 0.736. The van der Waals surface area contributed by atoms with E-state index in [0.717, 1.165) is 0 Å². The molecule has 0 aromatic heterocycles. The normalized spacial score (nSPS) is 17.0. The van der Waals surface area contributed by atoms with E-state index in [0.29, 0.717) is 10.7 Å². The summed E-state index contributed by atoms with van der Waals surface area (Å²) < 4.78 is 26.9. The van der Waals surface area contributed by atoms with Crippen LogP contribution in [0, 0.1) is 0 Å². The standard InChI is InChI=1S/C8H8ClN3O3S/c1-15-11-8-10-6-4-5(9)2-3-7(6)16(13,14)12-8/h2-4H,1H3,(H2,10,11,12). The number of anilines is 1. The first-order valence-corrected chi connectivity index (χ1v) is 6.05. The molecule has 1 aromatic rings. The minimum Gasteiger partial charge on any atom is -0.322 e. The van der Waals surface area contributed by atoms with E-state index in [2.05, 4.69) is 20.0 Å². The van der Waals surface area contributed by atoms with Crippen LogP contribution in [0.2, 0.25) is 5.02 Å². The molecule has 0 fully saturated rings. The molecule has 0 atom stereocenters. The second-order valence-electron chi connectivity index (χ2n) is 2.99. The van der Waals surface area contributed by atoms with Crippen molar-refractivity contribution in [3.05, 3.63) is 23.2 Å². The Labute approximate surface area is 97.3 Å². The Bertz CT molecular complexity index is 556. The number of halogens is 1. The van der Waals surface area contributed by atoms with Crippen LogP contribution in [0.4, 0.5) is 5.69 Å². The number of rotatable bonds is 1. The molecule has 0 bridgehead atoms. The van der Waals surface area contributed by atoms with Gasteiger partial charge in [0.15, 0.2) is 0 Å². The highest BCUT2D eigenvalue weighted by atomic mass is 35.5. The molecule has 1 aliphatic rings. The monoisotopic (exact) mass is 261 g/mol. The van der Waals surface area contributed by atoms with Crippen LogP contribution in [0.5, 0.6) is 0 Å². The lowest BCUT2D eigenvalue weighted by atomic mass is 10.3. The van der Waals surface area contributed by atoms with Crippen LogP contribution in [-0.2, 0) is 14.9 Å². The molecule has 0 radical (unpaired) electrons. The molecule has 1 heterocycles. The third kappa shape index (κ3) is 1.97. The highest BCUT2D eigenvalue weighted by Gasteiger charge is 2.24. The Kier molecular flexibility index (Phi) is 2.75. The van der Waals surface area contributed by atoms with E-state index in [4.69, 9.17) is 11.6 Å². The number of hydrogen-bond donors (Lipinski definition) is 2. The van der Waals surface area contributed by atoms with Gasteiger partial charge in [0, 0.05) is 5.02 Å². The summed E-state index contributed by atoms with van der Waals surface area (Å²) in [5.74, 6) is -0.00253. The second-order valence-corrected chi connectivity index (χ2v) is 5.00. The predicted molar refractivity (Wildman–Crippen MR) is 59.8 cm³/mol. The lowest BCUT2D eigenvalue weighted by Gasteiger charge is -2.17. The van der Waals surface area contributed by atoms with Gasteiger partial charge in [-0.15, -0.1) is 4.40 Å². The molecule has 1 aliphatic heterocycles. The van der Waals surface area contributed by atoms with Crippen molar-refractivity contribution < 1.29 is 13.3 Å². The molecule has 1 aromatic carbocycles. The molecule has 8 heteroatoms. The third-order valence-corrected chi connectivity index (χ3v) is 3.45. The number of benzene rings is 1. The van der Waals surface area contributed by atoms with Gasteiger partial charge in [0.25, 0.3) is 10.0 Å². The van der Waals surface area contributed by atoms with Crippen molar-refractivity contribution in [2.45, 2.75) is 4.90 Å². The molecule has 86 valence electrons. The van der Waals surface area contributed by atoms with Gasteiger partial charge in [0.1, 0.15) is 4.90 Å². The molecule has 0 saturated heterocycles. The van der Waals surface area contributed by atoms with E-state index in [1.807, 2.05) is 0 Å². The van der Waals surface area contributed by atoms with Crippen LogP contribution in [0.25, 0.3) is 0 Å². The van der Waals surface area contributed by atoms with Gasteiger partial charge in [-0.2, -0.15) is 8.42 Å². The predicted octanol–water partition coefficient (Wildman–Crippen LogP) is 0.961. The molecule has 6 nitrogen and oxygen atoms in total. The minimum atomic E-state index is -3.71. The van der Waals surface area contributed by atoms with E-state index in [-0.39, 0.29) is 10.9 Å². The molecular formula is C8H8ClN3O3S. The summed E-state index contributed by atoms with van der Waals surface area (Å²) in [7, 11) is -2.35. The Morgan fingerprint density at radius 3 is 2.94 bits per heavy atom. The smallest absolute Gasteiger partial charge is 0.287 e. The Morgan fingerprint density at radius 1 is 1.50 bits per heavy atom. The molecule has 0 aliphatic carbocycles. The summed E-state index contributed by atoms with van der Waals surface area (Å²) >= 11 is 5.77. The van der Waals surface area contributed by atoms with Crippen LogP contribution in [-0.4, -0.2) is 21.5 Å². The minimum absolute atomic E-state index is 0.00253.